The highest BCUT2D eigenvalue weighted by molar-refractivity contribution is 7.89. The van der Waals surface area contributed by atoms with Gasteiger partial charge in [-0.2, -0.15) is 0 Å². The maximum absolute atomic E-state index is 12.3. The van der Waals surface area contributed by atoms with Crippen molar-refractivity contribution < 1.29 is 17.9 Å². The molecule has 0 fully saturated rings. The number of nitrogens with two attached hydrogens (primary N) is 1. The molecule has 142 valence electrons. The van der Waals surface area contributed by atoms with Gasteiger partial charge in [-0.3, -0.25) is 0 Å². The fourth-order valence-corrected chi connectivity index (χ4v) is 3.41. The lowest BCUT2D eigenvalue weighted by Gasteiger charge is -2.12. The maximum Gasteiger partial charge on any atom is 0.240 e. The summed E-state index contributed by atoms with van der Waals surface area (Å²) in [5.41, 5.74) is 7.07. The zero-order valence-electron chi connectivity index (χ0n) is 15.2. The SMILES string of the molecule is CCCCOc1ccc(CCNS(=O)(=O)c2ccc(N)cc2)cc1OC. The Morgan fingerprint density at radius 2 is 1.81 bits per heavy atom. The van der Waals surface area contributed by atoms with Crippen LogP contribution in [0, 0.1) is 0 Å². The van der Waals surface area contributed by atoms with Crippen LogP contribution in [0.15, 0.2) is 47.4 Å². The largest absolute Gasteiger partial charge is 0.493 e. The molecule has 2 rings (SSSR count). The third kappa shape index (κ3) is 5.64. The van der Waals surface area contributed by atoms with Crippen molar-refractivity contribution in [3.63, 3.8) is 0 Å². The average Bonchev–Trinajstić information content (AvgIpc) is 2.63. The van der Waals surface area contributed by atoms with Crippen LogP contribution < -0.4 is 19.9 Å². The zero-order valence-corrected chi connectivity index (χ0v) is 16.0. The molecule has 6 nitrogen and oxygen atoms in total. The summed E-state index contributed by atoms with van der Waals surface area (Å²) in [6.45, 7) is 3.04. The van der Waals surface area contributed by atoms with Gasteiger partial charge in [-0.1, -0.05) is 19.4 Å². The predicted molar refractivity (Wildman–Crippen MR) is 103 cm³/mol. The van der Waals surface area contributed by atoms with Gasteiger partial charge >= 0.3 is 0 Å². The van der Waals surface area contributed by atoms with Crippen LogP contribution >= 0.6 is 0 Å². The van der Waals surface area contributed by atoms with Crippen molar-refractivity contribution in [1.82, 2.24) is 4.72 Å². The number of methoxy groups -OCH3 is 1. The molecule has 7 heteroatoms. The number of nitrogen functional groups attached to an aromatic ring is 1. The molecular weight excluding hydrogens is 352 g/mol. The van der Waals surface area contributed by atoms with E-state index in [0.717, 1.165) is 18.4 Å². The van der Waals surface area contributed by atoms with Crippen molar-refractivity contribution in [2.24, 2.45) is 0 Å². The Kier molecular flexibility index (Phi) is 7.29. The minimum Gasteiger partial charge on any atom is -0.493 e. The number of hydrogen-bond donors (Lipinski definition) is 2. The van der Waals surface area contributed by atoms with Gasteiger partial charge in [0.05, 0.1) is 18.6 Å². The van der Waals surface area contributed by atoms with Crippen molar-refractivity contribution in [2.45, 2.75) is 31.1 Å². The molecule has 0 saturated carbocycles. The van der Waals surface area contributed by atoms with Crippen LogP contribution in [0.5, 0.6) is 11.5 Å². The van der Waals surface area contributed by atoms with E-state index in [1.54, 1.807) is 19.2 Å². The highest BCUT2D eigenvalue weighted by atomic mass is 32.2. The van der Waals surface area contributed by atoms with Crippen LogP contribution in [0.4, 0.5) is 5.69 Å². The summed E-state index contributed by atoms with van der Waals surface area (Å²) < 4.78 is 38.2. The lowest BCUT2D eigenvalue weighted by atomic mass is 10.1. The molecule has 0 radical (unpaired) electrons. The van der Waals surface area contributed by atoms with Gasteiger partial charge in [-0.15, -0.1) is 0 Å². The van der Waals surface area contributed by atoms with Crippen molar-refractivity contribution in [2.75, 3.05) is 26.0 Å². The molecule has 0 aliphatic carbocycles. The molecule has 0 amide bonds. The third-order valence-corrected chi connectivity index (χ3v) is 5.36. The predicted octanol–water partition coefficient (Wildman–Crippen LogP) is 2.98. The highest BCUT2D eigenvalue weighted by Gasteiger charge is 2.13. The maximum atomic E-state index is 12.3. The number of anilines is 1. The molecule has 2 aromatic carbocycles. The van der Waals surface area contributed by atoms with Crippen LogP contribution in [0.1, 0.15) is 25.3 Å². The van der Waals surface area contributed by atoms with Gasteiger partial charge in [0.25, 0.3) is 0 Å². The zero-order chi connectivity index (χ0) is 19.0. The van der Waals surface area contributed by atoms with Gasteiger partial charge in [-0.05, 0) is 54.8 Å². The van der Waals surface area contributed by atoms with E-state index in [4.69, 9.17) is 15.2 Å². The Labute approximate surface area is 155 Å². The molecule has 0 heterocycles. The number of nitrogens with one attached hydrogen (secondary N) is 1. The second-order valence-electron chi connectivity index (χ2n) is 5.90. The molecule has 0 bridgehead atoms. The molecule has 0 spiro atoms. The van der Waals surface area contributed by atoms with Gasteiger partial charge in [0.2, 0.25) is 10.0 Å². The molecule has 0 atom stereocenters. The van der Waals surface area contributed by atoms with Gasteiger partial charge in [-0.25, -0.2) is 13.1 Å². The summed E-state index contributed by atoms with van der Waals surface area (Å²) in [6, 6.07) is 11.8. The fraction of sp³-hybridized carbons (Fsp3) is 0.368. The first-order valence-corrected chi connectivity index (χ1v) is 10.1. The van der Waals surface area contributed by atoms with Gasteiger partial charge in [0.15, 0.2) is 11.5 Å². The summed E-state index contributed by atoms with van der Waals surface area (Å²) in [5.74, 6) is 1.35. The number of sulfonamides is 1. The quantitative estimate of drug-likeness (QED) is 0.490. The van der Waals surface area contributed by atoms with E-state index in [2.05, 4.69) is 11.6 Å². The molecule has 2 aromatic rings. The normalized spacial score (nSPS) is 11.3. The lowest BCUT2D eigenvalue weighted by Crippen LogP contribution is -2.26. The van der Waals surface area contributed by atoms with Gasteiger partial charge in [0, 0.05) is 12.2 Å². The highest BCUT2D eigenvalue weighted by Crippen LogP contribution is 2.28. The van der Waals surface area contributed by atoms with Crippen LogP contribution in [-0.4, -0.2) is 28.7 Å². The minimum absolute atomic E-state index is 0.198. The van der Waals surface area contributed by atoms with Crippen LogP contribution in [-0.2, 0) is 16.4 Å². The first-order valence-electron chi connectivity index (χ1n) is 8.61. The summed E-state index contributed by atoms with van der Waals surface area (Å²) in [5, 5.41) is 0. The summed E-state index contributed by atoms with van der Waals surface area (Å²) in [6.07, 6.45) is 2.59. The van der Waals surface area contributed by atoms with E-state index in [-0.39, 0.29) is 11.4 Å². The lowest BCUT2D eigenvalue weighted by molar-refractivity contribution is 0.288. The molecular formula is C19H26N2O4S. The van der Waals surface area contributed by atoms with E-state index in [1.807, 2.05) is 18.2 Å². The van der Waals surface area contributed by atoms with Crippen LogP contribution in [0.25, 0.3) is 0 Å². The van der Waals surface area contributed by atoms with E-state index in [0.29, 0.717) is 30.2 Å². The number of rotatable bonds is 10. The first kappa shape index (κ1) is 20.1. The molecule has 26 heavy (non-hydrogen) atoms. The Bertz CT molecular complexity index is 805. The van der Waals surface area contributed by atoms with E-state index < -0.39 is 10.0 Å². The van der Waals surface area contributed by atoms with Crippen molar-refractivity contribution in [1.29, 1.82) is 0 Å². The molecule has 0 aliphatic rings. The van der Waals surface area contributed by atoms with Gasteiger partial charge < -0.3 is 15.2 Å². The average molecular weight is 378 g/mol. The monoisotopic (exact) mass is 378 g/mol. The number of unbranched alkanes of at least 4 members (excludes halogenated alkanes) is 1. The Morgan fingerprint density at radius 3 is 2.46 bits per heavy atom. The Hall–Kier alpha value is -2.25. The number of ether oxygens (including phenoxy) is 2. The molecule has 3 N–H and O–H groups in total. The van der Waals surface area contributed by atoms with E-state index in [9.17, 15) is 8.42 Å². The summed E-state index contributed by atoms with van der Waals surface area (Å²) >= 11 is 0. The Balaban J connectivity index is 1.95. The second-order valence-corrected chi connectivity index (χ2v) is 7.67. The third-order valence-electron chi connectivity index (χ3n) is 3.88. The van der Waals surface area contributed by atoms with E-state index in [1.165, 1.54) is 12.1 Å². The van der Waals surface area contributed by atoms with Crippen LogP contribution in [0.3, 0.4) is 0 Å². The second kappa shape index (κ2) is 9.45. The topological polar surface area (TPSA) is 90.7 Å². The summed E-state index contributed by atoms with van der Waals surface area (Å²) in [4.78, 5) is 0.198. The van der Waals surface area contributed by atoms with E-state index >= 15 is 0 Å². The molecule has 0 saturated heterocycles. The standard InChI is InChI=1S/C19H26N2O4S/c1-3-4-13-25-18-10-5-15(14-19(18)24-2)11-12-21-26(22,23)17-8-6-16(20)7-9-17/h5-10,14,21H,3-4,11-13,20H2,1-2H3. The number of benzene rings is 2. The van der Waals surface area contributed by atoms with Crippen molar-refractivity contribution >= 4 is 15.7 Å². The van der Waals surface area contributed by atoms with Crippen LogP contribution in [0.2, 0.25) is 0 Å². The number of hydrogen-bond acceptors (Lipinski definition) is 5. The van der Waals surface area contributed by atoms with Gasteiger partial charge in [0.1, 0.15) is 0 Å². The minimum atomic E-state index is -3.55. The van der Waals surface area contributed by atoms with Crippen molar-refractivity contribution in [3.05, 3.63) is 48.0 Å². The molecule has 0 aromatic heterocycles. The smallest absolute Gasteiger partial charge is 0.240 e. The van der Waals surface area contributed by atoms with Crippen molar-refractivity contribution in [3.8, 4) is 11.5 Å². The summed E-state index contributed by atoms with van der Waals surface area (Å²) in [7, 11) is -1.95. The Morgan fingerprint density at radius 1 is 1.08 bits per heavy atom. The molecule has 0 aliphatic heterocycles. The molecule has 0 unspecified atom stereocenters. The fourth-order valence-electron chi connectivity index (χ4n) is 2.37. The first-order chi connectivity index (χ1) is 12.5.